The van der Waals surface area contributed by atoms with Gasteiger partial charge in [-0.1, -0.05) is 11.6 Å². The van der Waals surface area contributed by atoms with E-state index in [0.717, 1.165) is 0 Å². The first-order valence-electron chi connectivity index (χ1n) is 3.20. The molecular weight excluding hydrogens is 279 g/mol. The SMILES string of the molecule is COc1c(Br)cc(Cl)cc1S(=O)O. The summed E-state index contributed by atoms with van der Waals surface area (Å²) in [5.41, 5.74) is 0. The van der Waals surface area contributed by atoms with Gasteiger partial charge in [0.15, 0.2) is 16.8 Å². The lowest BCUT2D eigenvalue weighted by Gasteiger charge is -2.07. The zero-order chi connectivity index (χ0) is 10.0. The van der Waals surface area contributed by atoms with Crippen molar-refractivity contribution in [3.8, 4) is 5.75 Å². The van der Waals surface area contributed by atoms with Gasteiger partial charge in [0.25, 0.3) is 0 Å². The summed E-state index contributed by atoms with van der Waals surface area (Å²) in [6, 6.07) is 2.98. The van der Waals surface area contributed by atoms with E-state index in [0.29, 0.717) is 15.2 Å². The number of hydrogen-bond acceptors (Lipinski definition) is 2. The van der Waals surface area contributed by atoms with Crippen molar-refractivity contribution in [1.82, 2.24) is 0 Å². The van der Waals surface area contributed by atoms with Crippen LogP contribution >= 0.6 is 27.5 Å². The first kappa shape index (κ1) is 11.0. The Morgan fingerprint density at radius 1 is 1.62 bits per heavy atom. The summed E-state index contributed by atoms with van der Waals surface area (Å²) in [5, 5.41) is 0.380. The second-order valence-corrected chi connectivity index (χ2v) is 4.40. The van der Waals surface area contributed by atoms with Crippen molar-refractivity contribution in [3.05, 3.63) is 21.6 Å². The van der Waals surface area contributed by atoms with Gasteiger partial charge in [-0.15, -0.1) is 0 Å². The van der Waals surface area contributed by atoms with Crippen molar-refractivity contribution in [1.29, 1.82) is 0 Å². The highest BCUT2D eigenvalue weighted by Crippen LogP contribution is 2.33. The van der Waals surface area contributed by atoms with Gasteiger partial charge in [-0.25, -0.2) is 4.21 Å². The van der Waals surface area contributed by atoms with Gasteiger partial charge in [0, 0.05) is 5.02 Å². The summed E-state index contributed by atoms with van der Waals surface area (Å²) in [7, 11) is 1.42. The summed E-state index contributed by atoms with van der Waals surface area (Å²) in [6.45, 7) is 0. The minimum absolute atomic E-state index is 0.155. The van der Waals surface area contributed by atoms with Gasteiger partial charge < -0.3 is 9.29 Å². The molecule has 72 valence electrons. The molecular formula is C7H6BrClO3S. The molecule has 6 heteroatoms. The van der Waals surface area contributed by atoms with Gasteiger partial charge in [0.2, 0.25) is 0 Å². The molecule has 1 aromatic carbocycles. The Labute approximate surface area is 91.5 Å². The monoisotopic (exact) mass is 284 g/mol. The van der Waals surface area contributed by atoms with Crippen LogP contribution < -0.4 is 4.74 Å². The lowest BCUT2D eigenvalue weighted by Crippen LogP contribution is -1.95. The molecule has 0 bridgehead atoms. The van der Waals surface area contributed by atoms with Crippen LogP contribution in [0.1, 0.15) is 0 Å². The fourth-order valence-corrected chi connectivity index (χ4v) is 2.61. The van der Waals surface area contributed by atoms with Crippen molar-refractivity contribution in [2.45, 2.75) is 4.90 Å². The van der Waals surface area contributed by atoms with E-state index in [2.05, 4.69) is 15.9 Å². The Kier molecular flexibility index (Phi) is 3.73. The van der Waals surface area contributed by atoms with Crippen LogP contribution in [0.3, 0.4) is 0 Å². The van der Waals surface area contributed by atoms with E-state index in [-0.39, 0.29) is 4.90 Å². The van der Waals surface area contributed by atoms with Crippen molar-refractivity contribution < 1.29 is 13.5 Å². The molecule has 13 heavy (non-hydrogen) atoms. The molecule has 0 aliphatic carbocycles. The van der Waals surface area contributed by atoms with Gasteiger partial charge in [-0.3, -0.25) is 0 Å². The predicted octanol–water partition coefficient (Wildman–Crippen LogP) is 2.69. The highest BCUT2D eigenvalue weighted by molar-refractivity contribution is 9.10. The van der Waals surface area contributed by atoms with Crippen LogP contribution in [-0.2, 0) is 11.1 Å². The van der Waals surface area contributed by atoms with E-state index in [1.807, 2.05) is 0 Å². The van der Waals surface area contributed by atoms with E-state index >= 15 is 0 Å². The zero-order valence-corrected chi connectivity index (χ0v) is 9.74. The number of methoxy groups -OCH3 is 1. The van der Waals surface area contributed by atoms with Crippen LogP contribution in [0.5, 0.6) is 5.75 Å². The van der Waals surface area contributed by atoms with Crippen LogP contribution in [0.25, 0.3) is 0 Å². The van der Waals surface area contributed by atoms with Crippen LogP contribution in [0.2, 0.25) is 5.02 Å². The van der Waals surface area contributed by atoms with Crippen LogP contribution in [0.15, 0.2) is 21.5 Å². The summed E-state index contributed by atoms with van der Waals surface area (Å²) in [6.07, 6.45) is 0. The van der Waals surface area contributed by atoms with Crippen molar-refractivity contribution in [2.75, 3.05) is 7.11 Å². The first-order chi connectivity index (χ1) is 6.06. The van der Waals surface area contributed by atoms with E-state index in [1.165, 1.54) is 13.2 Å². The van der Waals surface area contributed by atoms with Gasteiger partial charge in [-0.05, 0) is 28.1 Å². The molecule has 1 N–H and O–H groups in total. The number of benzene rings is 1. The quantitative estimate of drug-likeness (QED) is 0.850. The van der Waals surface area contributed by atoms with E-state index in [9.17, 15) is 4.21 Å². The van der Waals surface area contributed by atoms with Crippen molar-refractivity contribution in [3.63, 3.8) is 0 Å². The molecule has 0 aliphatic rings. The maximum absolute atomic E-state index is 10.8. The molecule has 0 radical (unpaired) electrons. The molecule has 0 heterocycles. The van der Waals surface area contributed by atoms with Gasteiger partial charge in [-0.2, -0.15) is 0 Å². The minimum atomic E-state index is -2.10. The highest BCUT2D eigenvalue weighted by Gasteiger charge is 2.13. The molecule has 0 aromatic heterocycles. The topological polar surface area (TPSA) is 46.5 Å². The number of halogens is 2. The first-order valence-corrected chi connectivity index (χ1v) is 5.48. The van der Waals surface area contributed by atoms with Crippen LogP contribution in [0.4, 0.5) is 0 Å². The van der Waals surface area contributed by atoms with Crippen molar-refractivity contribution in [2.24, 2.45) is 0 Å². The Morgan fingerprint density at radius 3 is 2.69 bits per heavy atom. The molecule has 1 atom stereocenters. The Morgan fingerprint density at radius 2 is 2.23 bits per heavy atom. The summed E-state index contributed by atoms with van der Waals surface area (Å²) < 4.78 is 25.2. The Hall–Kier alpha value is -0.100. The maximum Gasteiger partial charge on any atom is 0.190 e. The molecule has 0 amide bonds. The smallest absolute Gasteiger partial charge is 0.190 e. The van der Waals surface area contributed by atoms with Gasteiger partial charge in [0.05, 0.1) is 11.6 Å². The zero-order valence-electron chi connectivity index (χ0n) is 6.58. The third-order valence-electron chi connectivity index (χ3n) is 1.37. The molecule has 3 nitrogen and oxygen atoms in total. The highest BCUT2D eigenvalue weighted by atomic mass is 79.9. The fraction of sp³-hybridized carbons (Fsp3) is 0.143. The van der Waals surface area contributed by atoms with Gasteiger partial charge >= 0.3 is 0 Å². The average Bonchev–Trinajstić information content (AvgIpc) is 2.02. The molecule has 0 spiro atoms. The molecule has 0 saturated heterocycles. The predicted molar refractivity (Wildman–Crippen MR) is 54.7 cm³/mol. The fourth-order valence-electron chi connectivity index (χ4n) is 0.865. The standard InChI is InChI=1S/C7H6BrClO3S/c1-12-7-5(8)2-4(9)3-6(7)13(10)11/h2-3H,1H3,(H,10,11). The Bertz CT molecular complexity index is 356. The number of hydrogen-bond donors (Lipinski definition) is 1. The molecule has 0 fully saturated rings. The van der Waals surface area contributed by atoms with E-state index < -0.39 is 11.1 Å². The average molecular weight is 286 g/mol. The maximum atomic E-state index is 10.8. The molecule has 0 saturated carbocycles. The third kappa shape index (κ3) is 2.43. The molecule has 1 aromatic rings. The van der Waals surface area contributed by atoms with Crippen LogP contribution in [-0.4, -0.2) is 15.9 Å². The minimum Gasteiger partial charge on any atom is -0.494 e. The third-order valence-corrected chi connectivity index (χ3v) is 2.85. The summed E-state index contributed by atoms with van der Waals surface area (Å²) in [4.78, 5) is 0.155. The van der Waals surface area contributed by atoms with Crippen LogP contribution in [0, 0.1) is 0 Å². The molecule has 0 aliphatic heterocycles. The summed E-state index contributed by atoms with van der Waals surface area (Å²) >= 11 is 6.76. The largest absolute Gasteiger partial charge is 0.494 e. The second-order valence-electron chi connectivity index (χ2n) is 2.17. The number of ether oxygens (including phenoxy) is 1. The summed E-state index contributed by atoms with van der Waals surface area (Å²) in [5.74, 6) is 0.324. The van der Waals surface area contributed by atoms with Crippen molar-refractivity contribution >= 4 is 38.6 Å². The lowest BCUT2D eigenvalue weighted by atomic mass is 10.3. The molecule has 1 rings (SSSR count). The van der Waals surface area contributed by atoms with E-state index in [1.54, 1.807) is 6.07 Å². The van der Waals surface area contributed by atoms with Gasteiger partial charge in [0.1, 0.15) is 4.90 Å². The number of rotatable bonds is 2. The molecule has 1 unspecified atom stereocenters. The lowest BCUT2D eigenvalue weighted by molar-refractivity contribution is 0.399. The Balaban J connectivity index is 3.38. The second kappa shape index (κ2) is 4.41. The normalized spacial score (nSPS) is 12.6. The van der Waals surface area contributed by atoms with E-state index in [4.69, 9.17) is 20.9 Å².